The number of sulfone groups is 1. The van der Waals surface area contributed by atoms with E-state index in [1.165, 1.54) is 0 Å². The van der Waals surface area contributed by atoms with Crippen molar-refractivity contribution in [1.82, 2.24) is 10.0 Å². The third-order valence-electron chi connectivity index (χ3n) is 3.26. The van der Waals surface area contributed by atoms with Crippen LogP contribution in [0.1, 0.15) is 20.8 Å². The monoisotopic (exact) mass is 326 g/mol. The van der Waals surface area contributed by atoms with Crippen molar-refractivity contribution in [1.29, 1.82) is 0 Å². The van der Waals surface area contributed by atoms with Crippen molar-refractivity contribution in [3.05, 3.63) is 0 Å². The second-order valence-corrected chi connectivity index (χ2v) is 9.71. The molecule has 0 aromatic heterocycles. The van der Waals surface area contributed by atoms with Gasteiger partial charge in [-0.3, -0.25) is 4.79 Å². The summed E-state index contributed by atoms with van der Waals surface area (Å²) in [7, 11) is -6.64. The maximum atomic E-state index is 12.1. The summed E-state index contributed by atoms with van der Waals surface area (Å²) in [5.74, 6) is -0.944. The van der Waals surface area contributed by atoms with Crippen molar-refractivity contribution in [3.63, 3.8) is 0 Å². The Bertz CT molecular complexity index is 568. The fourth-order valence-corrected chi connectivity index (χ4v) is 5.17. The highest BCUT2D eigenvalue weighted by molar-refractivity contribution is 7.91. The van der Waals surface area contributed by atoms with Gasteiger partial charge in [0.15, 0.2) is 9.84 Å². The maximum absolute atomic E-state index is 12.1. The van der Waals surface area contributed by atoms with E-state index in [0.29, 0.717) is 0 Å². The molecule has 1 fully saturated rings. The largest absolute Gasteiger partial charge is 0.351 e. The van der Waals surface area contributed by atoms with Crippen LogP contribution < -0.4 is 10.0 Å². The van der Waals surface area contributed by atoms with E-state index in [1.54, 1.807) is 20.8 Å². The summed E-state index contributed by atoms with van der Waals surface area (Å²) >= 11 is 0. The van der Waals surface area contributed by atoms with Crippen LogP contribution in [0.4, 0.5) is 0 Å². The molecule has 2 N–H and O–H groups in total. The smallest absolute Gasteiger partial charge is 0.238 e. The predicted molar refractivity (Wildman–Crippen MR) is 76.4 cm³/mol. The number of carbonyl (C=O) groups is 1. The van der Waals surface area contributed by atoms with E-state index in [0.717, 1.165) is 6.26 Å². The molecule has 0 aromatic carbocycles. The van der Waals surface area contributed by atoms with Crippen LogP contribution in [0.5, 0.6) is 0 Å². The molecule has 0 aromatic rings. The Labute approximate surface area is 120 Å². The van der Waals surface area contributed by atoms with Crippen LogP contribution in [0.25, 0.3) is 0 Å². The first-order valence-electron chi connectivity index (χ1n) is 6.39. The van der Waals surface area contributed by atoms with E-state index in [1.807, 2.05) is 0 Å². The lowest BCUT2D eigenvalue weighted by Gasteiger charge is -2.24. The maximum Gasteiger partial charge on any atom is 0.238 e. The Morgan fingerprint density at radius 3 is 2.15 bits per heavy atom. The summed E-state index contributed by atoms with van der Waals surface area (Å²) in [6, 6.07) is -1.37. The summed E-state index contributed by atoms with van der Waals surface area (Å²) in [6.07, 6.45) is 0.984. The predicted octanol–water partition coefficient (Wildman–Crippen LogP) is -0.890. The third kappa shape index (κ3) is 5.02. The van der Waals surface area contributed by atoms with Crippen LogP contribution in [-0.2, 0) is 24.7 Å². The van der Waals surface area contributed by atoms with E-state index in [2.05, 4.69) is 10.0 Å². The van der Waals surface area contributed by atoms with Crippen molar-refractivity contribution in [2.24, 2.45) is 11.8 Å². The first-order chi connectivity index (χ1) is 8.91. The second kappa shape index (κ2) is 5.98. The highest BCUT2D eigenvalue weighted by atomic mass is 32.2. The fourth-order valence-electron chi connectivity index (χ4n) is 2.20. The van der Waals surface area contributed by atoms with Gasteiger partial charge in [0.25, 0.3) is 0 Å². The van der Waals surface area contributed by atoms with Gasteiger partial charge in [0, 0.05) is 6.04 Å². The molecule has 118 valence electrons. The summed E-state index contributed by atoms with van der Waals surface area (Å²) in [6.45, 7) is 5.19. The van der Waals surface area contributed by atoms with E-state index >= 15 is 0 Å². The SMILES string of the molecule is CC(C)C(NS(C)(=O)=O)C(=O)N[C@@H]1CS(=O)(=O)C[C@@H]1C. The molecule has 1 saturated heterocycles. The summed E-state index contributed by atoms with van der Waals surface area (Å²) in [4.78, 5) is 12.1. The quantitative estimate of drug-likeness (QED) is 0.681. The Morgan fingerprint density at radius 1 is 1.25 bits per heavy atom. The number of carbonyl (C=O) groups excluding carboxylic acids is 1. The lowest BCUT2D eigenvalue weighted by molar-refractivity contribution is -0.124. The number of hydrogen-bond donors (Lipinski definition) is 2. The molecule has 1 rings (SSSR count). The third-order valence-corrected chi connectivity index (χ3v) is 5.84. The van der Waals surface area contributed by atoms with Crippen LogP contribution in [0.3, 0.4) is 0 Å². The van der Waals surface area contributed by atoms with Gasteiger partial charge < -0.3 is 5.32 Å². The number of nitrogens with one attached hydrogen (secondary N) is 2. The summed E-state index contributed by atoms with van der Waals surface area (Å²) < 4.78 is 47.8. The normalized spacial score (nSPS) is 27.4. The van der Waals surface area contributed by atoms with Gasteiger partial charge in [-0.1, -0.05) is 20.8 Å². The van der Waals surface area contributed by atoms with Crippen molar-refractivity contribution in [3.8, 4) is 0 Å². The number of rotatable bonds is 5. The van der Waals surface area contributed by atoms with Crippen LogP contribution in [0.2, 0.25) is 0 Å². The van der Waals surface area contributed by atoms with Crippen LogP contribution in [-0.4, -0.2) is 52.6 Å². The van der Waals surface area contributed by atoms with Crippen molar-refractivity contribution in [2.75, 3.05) is 17.8 Å². The minimum absolute atomic E-state index is 0.0454. The van der Waals surface area contributed by atoms with Gasteiger partial charge in [0.2, 0.25) is 15.9 Å². The van der Waals surface area contributed by atoms with Crippen LogP contribution >= 0.6 is 0 Å². The molecule has 1 aliphatic rings. The van der Waals surface area contributed by atoms with E-state index in [4.69, 9.17) is 0 Å². The molecule has 0 bridgehead atoms. The molecule has 3 atom stereocenters. The summed E-state index contributed by atoms with van der Waals surface area (Å²) in [5.41, 5.74) is 0. The highest BCUT2D eigenvalue weighted by Gasteiger charge is 2.37. The van der Waals surface area contributed by atoms with Crippen molar-refractivity contribution >= 4 is 25.8 Å². The van der Waals surface area contributed by atoms with Gasteiger partial charge >= 0.3 is 0 Å². The molecule has 1 amide bonds. The Hall–Kier alpha value is -0.670. The number of amides is 1. The average Bonchev–Trinajstić information content (AvgIpc) is 2.46. The molecule has 0 radical (unpaired) electrons. The molecular weight excluding hydrogens is 304 g/mol. The van der Waals surface area contributed by atoms with Gasteiger partial charge in [0.1, 0.15) is 6.04 Å². The molecule has 20 heavy (non-hydrogen) atoms. The zero-order valence-corrected chi connectivity index (χ0v) is 13.7. The standard InChI is InChI=1S/C11H22N2O5S2/c1-7(2)10(13-19(4,15)16)11(14)12-9-6-20(17,18)5-8(9)3/h7-10,13H,5-6H2,1-4H3,(H,12,14)/t8-,9+,10?/m0/s1. The molecule has 1 aliphatic heterocycles. The minimum atomic E-state index is -3.51. The van der Waals surface area contributed by atoms with Crippen LogP contribution in [0, 0.1) is 11.8 Å². The van der Waals surface area contributed by atoms with Crippen LogP contribution in [0.15, 0.2) is 0 Å². The minimum Gasteiger partial charge on any atom is -0.351 e. The van der Waals surface area contributed by atoms with Gasteiger partial charge in [0.05, 0.1) is 17.8 Å². The number of sulfonamides is 1. The molecule has 7 nitrogen and oxygen atoms in total. The molecule has 1 unspecified atom stereocenters. The number of hydrogen-bond acceptors (Lipinski definition) is 5. The molecular formula is C11H22N2O5S2. The van der Waals surface area contributed by atoms with Gasteiger partial charge in [-0.2, -0.15) is 0 Å². The lowest BCUT2D eigenvalue weighted by Crippen LogP contribution is -2.53. The highest BCUT2D eigenvalue weighted by Crippen LogP contribution is 2.19. The fraction of sp³-hybridized carbons (Fsp3) is 0.909. The molecule has 0 aliphatic carbocycles. The zero-order valence-electron chi connectivity index (χ0n) is 12.1. The van der Waals surface area contributed by atoms with Gasteiger partial charge in [-0.05, 0) is 11.8 Å². The Morgan fingerprint density at radius 2 is 1.80 bits per heavy atom. The average molecular weight is 326 g/mol. The molecule has 9 heteroatoms. The summed E-state index contributed by atoms with van der Waals surface area (Å²) in [5, 5.41) is 2.64. The second-order valence-electron chi connectivity index (χ2n) is 5.78. The van der Waals surface area contributed by atoms with Gasteiger partial charge in [-0.25, -0.2) is 21.6 Å². The van der Waals surface area contributed by atoms with Crippen molar-refractivity contribution in [2.45, 2.75) is 32.9 Å². The topological polar surface area (TPSA) is 109 Å². The first-order valence-corrected chi connectivity index (χ1v) is 10.1. The zero-order chi connectivity index (χ0) is 15.7. The molecule has 1 heterocycles. The molecule has 0 saturated carbocycles. The van der Waals surface area contributed by atoms with E-state index < -0.39 is 37.9 Å². The lowest BCUT2D eigenvalue weighted by atomic mass is 10.0. The first kappa shape index (κ1) is 17.4. The van der Waals surface area contributed by atoms with E-state index in [-0.39, 0.29) is 23.3 Å². The molecule has 0 spiro atoms. The van der Waals surface area contributed by atoms with Gasteiger partial charge in [-0.15, -0.1) is 0 Å². The van der Waals surface area contributed by atoms with Crippen molar-refractivity contribution < 1.29 is 21.6 Å². The Balaban J connectivity index is 2.78. The Kier molecular flexibility index (Phi) is 5.20. The van der Waals surface area contributed by atoms with E-state index in [9.17, 15) is 21.6 Å².